The zero-order chi connectivity index (χ0) is 15.8. The fourth-order valence-electron chi connectivity index (χ4n) is 1.78. The molecule has 1 N–H and O–H groups in total. The average Bonchev–Trinajstić information content (AvgIpc) is 2.55. The Morgan fingerprint density at radius 3 is 2.77 bits per heavy atom. The molecule has 0 unspecified atom stereocenters. The van der Waals surface area contributed by atoms with E-state index in [1.165, 1.54) is 0 Å². The molecule has 1 amide bonds. The zero-order valence-corrected chi connectivity index (χ0v) is 13.8. The quantitative estimate of drug-likeness (QED) is 0.625. The lowest BCUT2D eigenvalue weighted by atomic mass is 10.2. The number of hydrogen-bond donors (Lipinski definition) is 1. The van der Waals surface area contributed by atoms with Crippen LogP contribution in [0.3, 0.4) is 0 Å². The number of nitrogens with one attached hydrogen (secondary N) is 1. The summed E-state index contributed by atoms with van der Waals surface area (Å²) < 4.78 is 6.58. The van der Waals surface area contributed by atoms with Gasteiger partial charge in [0, 0.05) is 15.6 Å². The van der Waals surface area contributed by atoms with E-state index in [9.17, 15) is 4.79 Å². The topological polar surface area (TPSA) is 50.7 Å². The number of carbonyl (C=O) groups excluding carboxylic acids is 1. The highest BCUT2D eigenvalue weighted by Crippen LogP contribution is 2.21. The lowest BCUT2D eigenvalue weighted by molar-refractivity contribution is 0.0955. The van der Waals surface area contributed by atoms with E-state index in [2.05, 4.69) is 26.5 Å². The number of amides is 1. The van der Waals surface area contributed by atoms with Crippen molar-refractivity contribution in [3.8, 4) is 5.75 Å². The molecule has 5 heteroatoms. The average molecular weight is 361 g/mol. The number of carbonyl (C=O) groups is 1. The van der Waals surface area contributed by atoms with Crippen molar-refractivity contribution < 1.29 is 9.53 Å². The van der Waals surface area contributed by atoms with Crippen LogP contribution in [0.1, 0.15) is 29.3 Å². The van der Waals surface area contributed by atoms with E-state index in [4.69, 9.17) is 4.74 Å². The van der Waals surface area contributed by atoms with Crippen LogP contribution in [0, 0.1) is 0 Å². The van der Waals surface area contributed by atoms with E-state index >= 15 is 0 Å². The lowest BCUT2D eigenvalue weighted by Gasteiger charge is -2.08. The van der Waals surface area contributed by atoms with Crippen molar-refractivity contribution in [1.29, 1.82) is 0 Å². The molecule has 4 nitrogen and oxygen atoms in total. The van der Waals surface area contributed by atoms with Gasteiger partial charge in [0.1, 0.15) is 5.75 Å². The maximum absolute atomic E-state index is 11.9. The molecule has 0 fully saturated rings. The first-order valence-electron chi connectivity index (χ1n) is 7.01. The van der Waals surface area contributed by atoms with Gasteiger partial charge in [0.15, 0.2) is 0 Å². The standard InChI is InChI=1S/C17H17BrN2O2/c1-2-10-22-16-9-8-15(18)11-14(16)12-19-20-17(21)13-6-4-3-5-7-13/h3-9,11-12H,2,10H2,1H3,(H,20,21). The summed E-state index contributed by atoms with van der Waals surface area (Å²) in [6.07, 6.45) is 2.51. The Hall–Kier alpha value is -2.14. The molecule has 2 aromatic rings. The monoisotopic (exact) mass is 360 g/mol. The minimum absolute atomic E-state index is 0.247. The van der Waals surface area contributed by atoms with Crippen LogP contribution in [-0.2, 0) is 0 Å². The zero-order valence-electron chi connectivity index (χ0n) is 12.3. The predicted molar refractivity (Wildman–Crippen MR) is 91.4 cm³/mol. The Bertz CT molecular complexity index is 657. The molecular formula is C17H17BrN2O2. The van der Waals surface area contributed by atoms with Crippen LogP contribution in [0.2, 0.25) is 0 Å². The SMILES string of the molecule is CCCOc1ccc(Br)cc1C=NNC(=O)c1ccccc1. The second-order valence-electron chi connectivity index (χ2n) is 4.60. The van der Waals surface area contributed by atoms with Crippen LogP contribution in [0.15, 0.2) is 58.1 Å². The van der Waals surface area contributed by atoms with Gasteiger partial charge < -0.3 is 4.74 Å². The number of hydrogen-bond acceptors (Lipinski definition) is 3. The summed E-state index contributed by atoms with van der Waals surface area (Å²) in [6, 6.07) is 14.6. The minimum Gasteiger partial charge on any atom is -0.493 e. The normalized spacial score (nSPS) is 10.6. The molecule has 0 saturated carbocycles. The summed E-state index contributed by atoms with van der Waals surface area (Å²) in [5, 5.41) is 4.00. The van der Waals surface area contributed by atoms with Gasteiger partial charge in [-0.3, -0.25) is 4.79 Å². The molecular weight excluding hydrogens is 344 g/mol. The fraction of sp³-hybridized carbons (Fsp3) is 0.176. The highest BCUT2D eigenvalue weighted by molar-refractivity contribution is 9.10. The van der Waals surface area contributed by atoms with Crippen molar-refractivity contribution in [3.63, 3.8) is 0 Å². The summed E-state index contributed by atoms with van der Waals surface area (Å²) in [4.78, 5) is 11.9. The Balaban J connectivity index is 2.06. The summed E-state index contributed by atoms with van der Waals surface area (Å²) in [5.41, 5.74) is 3.88. The number of hydrazone groups is 1. The van der Waals surface area contributed by atoms with E-state index in [-0.39, 0.29) is 5.91 Å². The third-order valence-electron chi connectivity index (χ3n) is 2.84. The number of nitrogens with zero attached hydrogens (tertiary/aromatic N) is 1. The number of ether oxygens (including phenoxy) is 1. The van der Waals surface area contributed by atoms with Gasteiger partial charge in [-0.05, 0) is 36.8 Å². The maximum Gasteiger partial charge on any atom is 0.271 e. The largest absolute Gasteiger partial charge is 0.493 e. The first-order chi connectivity index (χ1) is 10.7. The van der Waals surface area contributed by atoms with Gasteiger partial charge in [0.25, 0.3) is 5.91 Å². The molecule has 2 aromatic carbocycles. The van der Waals surface area contributed by atoms with Gasteiger partial charge in [-0.1, -0.05) is 41.1 Å². The van der Waals surface area contributed by atoms with Crippen LogP contribution in [0.4, 0.5) is 0 Å². The third kappa shape index (κ3) is 4.70. The highest BCUT2D eigenvalue weighted by Gasteiger charge is 2.04. The summed E-state index contributed by atoms with van der Waals surface area (Å²) >= 11 is 3.42. The minimum atomic E-state index is -0.247. The Kier molecular flexibility index (Phi) is 6.15. The van der Waals surface area contributed by atoms with Gasteiger partial charge >= 0.3 is 0 Å². The maximum atomic E-state index is 11.9. The molecule has 0 atom stereocenters. The highest BCUT2D eigenvalue weighted by atomic mass is 79.9. The van der Waals surface area contributed by atoms with Crippen LogP contribution < -0.4 is 10.2 Å². The smallest absolute Gasteiger partial charge is 0.271 e. The molecule has 0 aromatic heterocycles. The Morgan fingerprint density at radius 1 is 1.27 bits per heavy atom. The molecule has 0 heterocycles. The van der Waals surface area contributed by atoms with E-state index in [1.807, 2.05) is 43.3 Å². The molecule has 0 saturated heterocycles. The van der Waals surface area contributed by atoms with Crippen LogP contribution in [0.25, 0.3) is 0 Å². The molecule has 114 valence electrons. The Labute approximate surface area is 138 Å². The van der Waals surface area contributed by atoms with Gasteiger partial charge in [0.2, 0.25) is 0 Å². The van der Waals surface area contributed by atoms with Crippen LogP contribution >= 0.6 is 15.9 Å². The third-order valence-corrected chi connectivity index (χ3v) is 3.33. The van der Waals surface area contributed by atoms with Gasteiger partial charge in [0.05, 0.1) is 12.8 Å². The number of rotatable bonds is 6. The molecule has 0 radical (unpaired) electrons. The molecule has 0 spiro atoms. The molecule has 0 aliphatic rings. The second-order valence-corrected chi connectivity index (χ2v) is 5.51. The van der Waals surface area contributed by atoms with Crippen molar-refractivity contribution >= 4 is 28.1 Å². The van der Waals surface area contributed by atoms with E-state index in [1.54, 1.807) is 18.3 Å². The number of benzene rings is 2. The van der Waals surface area contributed by atoms with Crippen molar-refractivity contribution in [1.82, 2.24) is 5.43 Å². The molecule has 0 aliphatic heterocycles. The lowest BCUT2D eigenvalue weighted by Crippen LogP contribution is -2.17. The first-order valence-corrected chi connectivity index (χ1v) is 7.81. The van der Waals surface area contributed by atoms with Gasteiger partial charge in [-0.2, -0.15) is 5.10 Å². The molecule has 0 bridgehead atoms. The first kappa shape index (κ1) is 16.2. The second kappa shape index (κ2) is 8.34. The molecule has 2 rings (SSSR count). The predicted octanol–water partition coefficient (Wildman–Crippen LogP) is 4.00. The fourth-order valence-corrected chi connectivity index (χ4v) is 2.16. The van der Waals surface area contributed by atoms with E-state index in [0.29, 0.717) is 12.2 Å². The van der Waals surface area contributed by atoms with Crippen molar-refractivity contribution in [2.24, 2.45) is 5.10 Å². The summed E-state index contributed by atoms with van der Waals surface area (Å²) in [6.45, 7) is 2.69. The summed E-state index contributed by atoms with van der Waals surface area (Å²) in [7, 11) is 0. The van der Waals surface area contributed by atoms with Gasteiger partial charge in [-0.25, -0.2) is 5.43 Å². The Morgan fingerprint density at radius 2 is 2.05 bits per heavy atom. The van der Waals surface area contributed by atoms with Crippen molar-refractivity contribution in [3.05, 3.63) is 64.1 Å². The summed E-state index contributed by atoms with van der Waals surface area (Å²) in [5.74, 6) is 0.491. The molecule has 0 aliphatic carbocycles. The van der Waals surface area contributed by atoms with Crippen LogP contribution in [-0.4, -0.2) is 18.7 Å². The number of halogens is 1. The van der Waals surface area contributed by atoms with E-state index < -0.39 is 0 Å². The van der Waals surface area contributed by atoms with Crippen molar-refractivity contribution in [2.75, 3.05) is 6.61 Å². The van der Waals surface area contributed by atoms with Gasteiger partial charge in [-0.15, -0.1) is 0 Å². The molecule has 22 heavy (non-hydrogen) atoms. The van der Waals surface area contributed by atoms with Crippen LogP contribution in [0.5, 0.6) is 5.75 Å². The van der Waals surface area contributed by atoms with Crippen molar-refractivity contribution in [2.45, 2.75) is 13.3 Å². The van der Waals surface area contributed by atoms with E-state index in [0.717, 1.165) is 22.2 Å².